The molecule has 2 unspecified atom stereocenters. The minimum atomic E-state index is -0.959. The van der Waals surface area contributed by atoms with Crippen molar-refractivity contribution in [1.29, 1.82) is 0 Å². The monoisotopic (exact) mass is 364 g/mol. The summed E-state index contributed by atoms with van der Waals surface area (Å²) >= 11 is 0. The maximum atomic E-state index is 11.8. The molecule has 2 atom stereocenters. The van der Waals surface area contributed by atoms with E-state index in [9.17, 15) is 14.4 Å². The summed E-state index contributed by atoms with van der Waals surface area (Å²) in [6, 6.07) is 0. The molecule has 1 aliphatic rings. The Bertz CT molecular complexity index is 369. The molecule has 1 fully saturated rings. The average Bonchev–Trinajstić information content (AvgIpc) is 2.52. The second kappa shape index (κ2) is 13.4. The molecule has 1 saturated carbocycles. The van der Waals surface area contributed by atoms with E-state index in [1.165, 1.54) is 0 Å². The Morgan fingerprint density at radius 1 is 1.09 bits per heavy atom. The van der Waals surface area contributed by atoms with Crippen LogP contribution in [0.5, 0.6) is 0 Å². The standard InChI is InChI=1S/C13H18O6.C2H6.Zn/c1-2-11(14)18-7-8-19-13(17)10-6-4-3-5-9(10)12(15)16;1-2;/h2,9-10H,1,3-8H2,(H,15,16);1-2H3;. The van der Waals surface area contributed by atoms with Crippen LogP contribution in [0.1, 0.15) is 39.5 Å². The number of esters is 2. The Labute approximate surface area is 144 Å². The quantitative estimate of drug-likeness (QED) is 0.336. The fraction of sp³-hybridized carbons (Fsp3) is 0.667. The smallest absolute Gasteiger partial charge is 0.330 e. The summed E-state index contributed by atoms with van der Waals surface area (Å²) in [5, 5.41) is 9.05. The SMILES string of the molecule is C=CC(=O)OCCOC(=O)C1CCCCC1C(=O)O.CC.[Zn]. The summed E-state index contributed by atoms with van der Waals surface area (Å²) in [5.41, 5.74) is 0. The third-order valence-electron chi connectivity index (χ3n) is 3.12. The predicted octanol–water partition coefficient (Wildman–Crippen LogP) is 2.17. The van der Waals surface area contributed by atoms with Crippen LogP contribution in [0, 0.1) is 11.8 Å². The summed E-state index contributed by atoms with van der Waals surface area (Å²) in [6.45, 7) is 7.11. The number of hydrogen-bond acceptors (Lipinski definition) is 5. The van der Waals surface area contributed by atoms with Crippen molar-refractivity contribution in [2.75, 3.05) is 13.2 Å². The summed E-state index contributed by atoms with van der Waals surface area (Å²) in [4.78, 5) is 33.6. The zero-order valence-corrected chi connectivity index (χ0v) is 16.3. The van der Waals surface area contributed by atoms with E-state index < -0.39 is 29.7 Å². The number of carboxylic acids is 1. The first kappa shape index (κ1) is 23.0. The van der Waals surface area contributed by atoms with Crippen molar-refractivity contribution >= 4 is 17.9 Å². The second-order valence-corrected chi connectivity index (χ2v) is 4.37. The van der Waals surface area contributed by atoms with Gasteiger partial charge in [0.1, 0.15) is 13.2 Å². The van der Waals surface area contributed by atoms with E-state index in [0.29, 0.717) is 12.8 Å². The normalized spacial score (nSPS) is 19.5. The maximum absolute atomic E-state index is 11.8. The fourth-order valence-corrected chi connectivity index (χ4v) is 2.16. The molecule has 1 rings (SSSR count). The summed E-state index contributed by atoms with van der Waals surface area (Å²) < 4.78 is 9.60. The molecule has 7 heteroatoms. The largest absolute Gasteiger partial charge is 0.481 e. The topological polar surface area (TPSA) is 89.9 Å². The Kier molecular flexibility index (Phi) is 14.1. The average molecular weight is 366 g/mol. The van der Waals surface area contributed by atoms with Crippen molar-refractivity contribution in [3.8, 4) is 0 Å². The Hall–Kier alpha value is -1.23. The van der Waals surface area contributed by atoms with Crippen molar-refractivity contribution < 1.29 is 48.4 Å². The number of carboxylic acid groups (broad SMARTS) is 1. The molecular weight excluding hydrogens is 342 g/mol. The van der Waals surface area contributed by atoms with E-state index in [1.54, 1.807) is 0 Å². The zero-order valence-electron chi connectivity index (χ0n) is 13.4. The van der Waals surface area contributed by atoms with Gasteiger partial charge in [0.2, 0.25) is 0 Å². The van der Waals surface area contributed by atoms with Crippen molar-refractivity contribution in [2.24, 2.45) is 11.8 Å². The van der Waals surface area contributed by atoms with E-state index in [0.717, 1.165) is 18.9 Å². The minimum Gasteiger partial charge on any atom is -0.481 e. The molecular formula is C15H24O6Zn. The number of ether oxygens (including phenoxy) is 2. The first-order chi connectivity index (χ1) is 10.1. The van der Waals surface area contributed by atoms with Gasteiger partial charge < -0.3 is 14.6 Å². The third kappa shape index (κ3) is 8.27. The van der Waals surface area contributed by atoms with Gasteiger partial charge in [-0.3, -0.25) is 9.59 Å². The van der Waals surface area contributed by atoms with Gasteiger partial charge in [0, 0.05) is 25.6 Å². The maximum Gasteiger partial charge on any atom is 0.330 e. The molecule has 0 aromatic rings. The first-order valence-corrected chi connectivity index (χ1v) is 7.25. The Morgan fingerprint density at radius 3 is 2.09 bits per heavy atom. The van der Waals surface area contributed by atoms with E-state index in [2.05, 4.69) is 11.3 Å². The minimum absolute atomic E-state index is 0. The summed E-state index contributed by atoms with van der Waals surface area (Å²) in [6.07, 6.45) is 3.69. The fourth-order valence-electron chi connectivity index (χ4n) is 2.16. The van der Waals surface area contributed by atoms with Gasteiger partial charge in [0.15, 0.2) is 0 Å². The van der Waals surface area contributed by atoms with Crippen LogP contribution in [0.2, 0.25) is 0 Å². The van der Waals surface area contributed by atoms with Crippen molar-refractivity contribution in [2.45, 2.75) is 39.5 Å². The van der Waals surface area contributed by atoms with Crippen LogP contribution in [-0.2, 0) is 43.3 Å². The van der Waals surface area contributed by atoms with Crippen LogP contribution in [0.4, 0.5) is 0 Å². The number of carbonyl (C=O) groups excluding carboxylic acids is 2. The van der Waals surface area contributed by atoms with E-state index in [-0.39, 0.29) is 32.7 Å². The van der Waals surface area contributed by atoms with E-state index in [1.807, 2.05) is 13.8 Å². The molecule has 0 bridgehead atoms. The van der Waals surface area contributed by atoms with Gasteiger partial charge in [-0.1, -0.05) is 33.3 Å². The van der Waals surface area contributed by atoms with Crippen molar-refractivity contribution in [3.05, 3.63) is 12.7 Å². The van der Waals surface area contributed by atoms with Crippen molar-refractivity contribution in [1.82, 2.24) is 0 Å². The molecule has 22 heavy (non-hydrogen) atoms. The molecule has 122 valence electrons. The van der Waals surface area contributed by atoms with E-state index >= 15 is 0 Å². The second-order valence-electron chi connectivity index (χ2n) is 4.37. The van der Waals surface area contributed by atoms with Crippen LogP contribution < -0.4 is 0 Å². The van der Waals surface area contributed by atoms with Gasteiger partial charge in [-0.15, -0.1) is 0 Å². The van der Waals surface area contributed by atoms with Gasteiger partial charge in [0.05, 0.1) is 11.8 Å². The van der Waals surface area contributed by atoms with Crippen LogP contribution in [-0.4, -0.2) is 36.2 Å². The van der Waals surface area contributed by atoms with Gasteiger partial charge in [0.25, 0.3) is 0 Å². The summed E-state index contributed by atoms with van der Waals surface area (Å²) in [7, 11) is 0. The molecule has 0 aromatic carbocycles. The number of carbonyl (C=O) groups is 3. The zero-order chi connectivity index (χ0) is 16.3. The van der Waals surface area contributed by atoms with Gasteiger partial charge >= 0.3 is 17.9 Å². The first-order valence-electron chi connectivity index (χ1n) is 7.25. The molecule has 0 saturated heterocycles. The van der Waals surface area contributed by atoms with Crippen LogP contribution in [0.3, 0.4) is 0 Å². The Morgan fingerprint density at radius 2 is 1.59 bits per heavy atom. The molecule has 0 spiro atoms. The van der Waals surface area contributed by atoms with Crippen molar-refractivity contribution in [3.63, 3.8) is 0 Å². The van der Waals surface area contributed by atoms with E-state index in [4.69, 9.17) is 9.84 Å². The van der Waals surface area contributed by atoms with Crippen LogP contribution in [0.25, 0.3) is 0 Å². The molecule has 0 radical (unpaired) electrons. The summed E-state index contributed by atoms with van der Waals surface area (Å²) in [5.74, 6) is -3.34. The number of rotatable bonds is 6. The van der Waals surface area contributed by atoms with Crippen LogP contribution >= 0.6 is 0 Å². The molecule has 1 aliphatic carbocycles. The van der Waals surface area contributed by atoms with Crippen LogP contribution in [0.15, 0.2) is 12.7 Å². The molecule has 0 heterocycles. The number of hydrogen-bond donors (Lipinski definition) is 1. The van der Waals surface area contributed by atoms with Gasteiger partial charge in [-0.2, -0.15) is 0 Å². The van der Waals surface area contributed by atoms with Gasteiger partial charge in [-0.05, 0) is 12.8 Å². The number of aliphatic carboxylic acids is 1. The predicted molar refractivity (Wildman–Crippen MR) is 76.5 cm³/mol. The molecule has 6 nitrogen and oxygen atoms in total. The molecule has 1 N–H and O–H groups in total. The molecule has 0 aliphatic heterocycles. The Balaban J connectivity index is 0. The third-order valence-corrected chi connectivity index (χ3v) is 3.12. The molecule has 0 amide bonds. The van der Waals surface area contributed by atoms with Gasteiger partial charge in [-0.25, -0.2) is 4.79 Å². The molecule has 0 aromatic heterocycles.